The van der Waals surface area contributed by atoms with Crippen LogP contribution in [0.1, 0.15) is 143 Å². The Hall–Kier alpha value is -3.44. The number of rotatable bonds is 24. The number of carbonyl (C=O) groups is 1. The number of hydrogen-bond acceptors (Lipinski definition) is 3. The van der Waals surface area contributed by atoms with E-state index in [4.69, 9.17) is 0 Å². The van der Waals surface area contributed by atoms with Crippen molar-refractivity contribution in [1.29, 1.82) is 0 Å². The van der Waals surface area contributed by atoms with E-state index in [1.54, 1.807) is 0 Å². The van der Waals surface area contributed by atoms with Crippen LogP contribution in [0.5, 0.6) is 0 Å². The molecule has 1 amide bonds. The molecule has 284 valence electrons. The largest absolute Gasteiger partial charge is 0.356 e. The summed E-state index contributed by atoms with van der Waals surface area (Å²) in [6.45, 7) is 18.8. The van der Waals surface area contributed by atoms with E-state index in [1.807, 2.05) is 0 Å². The van der Waals surface area contributed by atoms with Crippen LogP contribution >= 0.6 is 0 Å². The SMILES string of the molecule is CCCCCCCCCNCCCNC(=O)CCCCC[N+]1=C(/C=C/C=C/C=C2/N(CCCC)c3ccccc3C2(C)C)C(C)(C)c2ccccc21. The Bertz CT molecular complexity index is 1530. The molecule has 0 aromatic heterocycles. The van der Waals surface area contributed by atoms with Gasteiger partial charge in [0.05, 0.1) is 5.41 Å². The molecule has 2 aliphatic rings. The highest BCUT2D eigenvalue weighted by Gasteiger charge is 2.44. The van der Waals surface area contributed by atoms with Crippen molar-refractivity contribution >= 4 is 23.0 Å². The number of nitrogens with one attached hydrogen (secondary N) is 2. The summed E-state index contributed by atoms with van der Waals surface area (Å²) in [6, 6.07) is 17.8. The number of unbranched alkanes of at least 4 members (excludes halogenated alkanes) is 9. The van der Waals surface area contributed by atoms with Gasteiger partial charge >= 0.3 is 0 Å². The van der Waals surface area contributed by atoms with Crippen LogP contribution < -0.4 is 15.5 Å². The molecule has 0 saturated heterocycles. The van der Waals surface area contributed by atoms with Crippen LogP contribution in [0.3, 0.4) is 0 Å². The molecule has 5 nitrogen and oxygen atoms in total. The average Bonchev–Trinajstić information content (AvgIpc) is 3.49. The van der Waals surface area contributed by atoms with Gasteiger partial charge in [-0.15, -0.1) is 0 Å². The predicted octanol–water partition coefficient (Wildman–Crippen LogP) is 11.1. The van der Waals surface area contributed by atoms with Crippen molar-refractivity contribution < 1.29 is 9.37 Å². The molecule has 0 saturated carbocycles. The van der Waals surface area contributed by atoms with E-state index in [-0.39, 0.29) is 16.7 Å². The van der Waals surface area contributed by atoms with E-state index >= 15 is 0 Å². The molecule has 2 N–H and O–H groups in total. The molecule has 5 heteroatoms. The third-order valence-electron chi connectivity index (χ3n) is 11.2. The molecule has 0 spiro atoms. The van der Waals surface area contributed by atoms with E-state index in [9.17, 15) is 4.79 Å². The van der Waals surface area contributed by atoms with Crippen molar-refractivity contribution in [1.82, 2.24) is 10.6 Å². The van der Waals surface area contributed by atoms with Gasteiger partial charge in [0.2, 0.25) is 11.6 Å². The van der Waals surface area contributed by atoms with Gasteiger partial charge in [-0.05, 0) is 76.7 Å². The van der Waals surface area contributed by atoms with Gasteiger partial charge in [-0.1, -0.05) is 127 Å². The van der Waals surface area contributed by atoms with Gasteiger partial charge < -0.3 is 15.5 Å². The fourth-order valence-electron chi connectivity index (χ4n) is 8.03. The maximum absolute atomic E-state index is 12.5. The smallest absolute Gasteiger partial charge is 0.219 e. The van der Waals surface area contributed by atoms with Gasteiger partial charge in [-0.25, -0.2) is 0 Å². The van der Waals surface area contributed by atoms with Gasteiger partial charge in [0, 0.05) is 60.4 Å². The van der Waals surface area contributed by atoms with Crippen LogP contribution in [0.25, 0.3) is 0 Å². The van der Waals surface area contributed by atoms with E-state index in [2.05, 4.69) is 141 Å². The third-order valence-corrected chi connectivity index (χ3v) is 11.2. The molecule has 0 bridgehead atoms. The second kappa shape index (κ2) is 21.3. The number of para-hydroxylation sites is 2. The minimum atomic E-state index is -0.0750. The standard InChI is InChI=1S/C47H70N4O/c1-7-9-11-12-13-14-24-34-48-35-26-36-49-45(52)33-19-16-25-38-51-42-30-23-21-28-40(42)47(5,6)44(51)32-18-15-17-31-43-46(3,4)39-27-20-22-29-41(39)50(43)37-10-8-2/h15,17-18,20-23,27-32,48H,7-14,16,19,24-26,33-38H2,1-6H3/p+1. The van der Waals surface area contributed by atoms with Crippen LogP contribution in [0.15, 0.2) is 84.6 Å². The molecule has 0 unspecified atom stereocenters. The lowest BCUT2D eigenvalue weighted by atomic mass is 9.81. The van der Waals surface area contributed by atoms with Gasteiger partial charge in [-0.2, -0.15) is 4.58 Å². The molecule has 0 atom stereocenters. The Kier molecular flexibility index (Phi) is 16.9. The quantitative estimate of drug-likeness (QED) is 0.0649. The first-order chi connectivity index (χ1) is 25.2. The van der Waals surface area contributed by atoms with Crippen molar-refractivity contribution in [3.63, 3.8) is 0 Å². The molecule has 2 aromatic rings. The first-order valence-corrected chi connectivity index (χ1v) is 20.9. The number of nitrogens with zero attached hydrogens (tertiary/aromatic N) is 2. The molecule has 52 heavy (non-hydrogen) atoms. The predicted molar refractivity (Wildman–Crippen MR) is 224 cm³/mol. The summed E-state index contributed by atoms with van der Waals surface area (Å²) >= 11 is 0. The molecule has 2 aliphatic heterocycles. The second-order valence-corrected chi connectivity index (χ2v) is 16.0. The summed E-state index contributed by atoms with van der Waals surface area (Å²) in [5, 5.41) is 6.67. The summed E-state index contributed by atoms with van der Waals surface area (Å²) in [5.41, 5.74) is 8.07. The molecular formula is C47H71N4O+. The second-order valence-electron chi connectivity index (χ2n) is 16.0. The molecule has 0 aliphatic carbocycles. The van der Waals surface area contributed by atoms with Crippen LogP contribution in [0, 0.1) is 0 Å². The zero-order valence-corrected chi connectivity index (χ0v) is 33.7. The first kappa shape index (κ1) is 41.3. The highest BCUT2D eigenvalue weighted by molar-refractivity contribution is 6.03. The number of fused-ring (bicyclic) bond motifs is 2. The van der Waals surface area contributed by atoms with Gasteiger partial charge in [0.1, 0.15) is 6.54 Å². The van der Waals surface area contributed by atoms with Gasteiger partial charge in [0.25, 0.3) is 0 Å². The minimum absolute atomic E-state index is 0.0242. The number of carbonyl (C=O) groups excluding carboxylic acids is 1. The lowest BCUT2D eigenvalue weighted by Crippen LogP contribution is -2.28. The maximum Gasteiger partial charge on any atom is 0.219 e. The molecular weight excluding hydrogens is 637 g/mol. The summed E-state index contributed by atoms with van der Waals surface area (Å²) in [4.78, 5) is 15.0. The van der Waals surface area contributed by atoms with Crippen molar-refractivity contribution in [2.45, 2.75) is 142 Å². The fourth-order valence-corrected chi connectivity index (χ4v) is 8.03. The highest BCUT2D eigenvalue weighted by Crippen LogP contribution is 2.47. The van der Waals surface area contributed by atoms with E-state index in [0.717, 1.165) is 58.4 Å². The van der Waals surface area contributed by atoms with Crippen molar-refractivity contribution in [3.05, 3.63) is 95.7 Å². The van der Waals surface area contributed by atoms with Crippen molar-refractivity contribution in [2.75, 3.05) is 37.6 Å². The normalized spacial score (nSPS) is 16.8. The molecule has 2 aromatic carbocycles. The third kappa shape index (κ3) is 11.3. The van der Waals surface area contributed by atoms with Crippen molar-refractivity contribution in [3.8, 4) is 0 Å². The van der Waals surface area contributed by atoms with E-state index in [0.29, 0.717) is 6.42 Å². The van der Waals surface area contributed by atoms with Gasteiger partial charge in [-0.3, -0.25) is 4.79 Å². The summed E-state index contributed by atoms with van der Waals surface area (Å²) in [6.07, 6.45) is 27.7. The minimum Gasteiger partial charge on any atom is -0.356 e. The molecule has 2 heterocycles. The summed E-state index contributed by atoms with van der Waals surface area (Å²) in [7, 11) is 0. The average molecular weight is 708 g/mol. The first-order valence-electron chi connectivity index (χ1n) is 20.9. The zero-order chi connectivity index (χ0) is 37.2. The lowest BCUT2D eigenvalue weighted by Gasteiger charge is -2.27. The fraction of sp³-hybridized carbons (Fsp3) is 0.574. The Labute approximate surface area is 317 Å². The van der Waals surface area contributed by atoms with Gasteiger partial charge in [0.15, 0.2) is 5.71 Å². The summed E-state index contributed by atoms with van der Waals surface area (Å²) in [5.74, 6) is 0.190. The Balaban J connectivity index is 1.25. The highest BCUT2D eigenvalue weighted by atomic mass is 16.1. The number of amides is 1. The topological polar surface area (TPSA) is 47.4 Å². The monoisotopic (exact) mass is 708 g/mol. The van der Waals surface area contributed by atoms with Crippen molar-refractivity contribution in [2.24, 2.45) is 0 Å². The lowest BCUT2D eigenvalue weighted by molar-refractivity contribution is -0.438. The number of allylic oxidation sites excluding steroid dienone is 6. The Morgan fingerprint density at radius 2 is 1.37 bits per heavy atom. The Morgan fingerprint density at radius 1 is 0.692 bits per heavy atom. The van der Waals surface area contributed by atoms with E-state index in [1.165, 1.54) is 91.7 Å². The maximum atomic E-state index is 12.5. The van der Waals surface area contributed by atoms with Crippen LogP contribution in [0.4, 0.5) is 11.4 Å². The van der Waals surface area contributed by atoms with E-state index < -0.39 is 0 Å². The molecule has 0 radical (unpaired) electrons. The number of anilines is 1. The van der Waals surface area contributed by atoms with Crippen LogP contribution in [-0.4, -0.2) is 48.9 Å². The number of benzene rings is 2. The van der Waals surface area contributed by atoms with Crippen LogP contribution in [0.2, 0.25) is 0 Å². The summed E-state index contributed by atoms with van der Waals surface area (Å²) < 4.78 is 2.51. The number of hydrogen-bond donors (Lipinski definition) is 2. The van der Waals surface area contributed by atoms with Crippen LogP contribution in [-0.2, 0) is 15.6 Å². The Morgan fingerprint density at radius 3 is 2.15 bits per heavy atom. The molecule has 0 fully saturated rings. The zero-order valence-electron chi connectivity index (χ0n) is 33.7. The molecule has 4 rings (SSSR count).